The van der Waals surface area contributed by atoms with Crippen LogP contribution in [-0.4, -0.2) is 45.6 Å². The first-order valence-electron chi connectivity index (χ1n) is 10.4. The maximum Gasteiger partial charge on any atom is 0.434 e. The Morgan fingerprint density at radius 2 is 1.74 bits per heavy atom. The zero-order valence-corrected chi connectivity index (χ0v) is 18.4. The van der Waals surface area contributed by atoms with Crippen molar-refractivity contribution in [3.63, 3.8) is 0 Å². The zero-order valence-electron chi connectivity index (χ0n) is 17.6. The van der Waals surface area contributed by atoms with Gasteiger partial charge in [0.25, 0.3) is 11.8 Å². The Balaban J connectivity index is 1.47. The lowest BCUT2D eigenvalue weighted by molar-refractivity contribution is -0.143. The summed E-state index contributed by atoms with van der Waals surface area (Å²) in [5, 5.41) is 6.60. The molecule has 4 rings (SSSR count). The summed E-state index contributed by atoms with van der Waals surface area (Å²) in [7, 11) is 0. The highest BCUT2D eigenvalue weighted by Crippen LogP contribution is 2.34. The minimum atomic E-state index is -4.85. The van der Waals surface area contributed by atoms with Crippen LogP contribution in [0, 0.1) is 5.82 Å². The lowest BCUT2D eigenvalue weighted by atomic mass is 10.0. The minimum Gasteiger partial charge on any atom is -0.349 e. The average Bonchev–Trinajstić information content (AvgIpc) is 3.26. The summed E-state index contributed by atoms with van der Waals surface area (Å²) < 4.78 is 56.1. The molecule has 0 atom stereocenters. The van der Waals surface area contributed by atoms with Gasteiger partial charge in [0.1, 0.15) is 5.82 Å². The number of alkyl halides is 3. The molecule has 0 spiro atoms. The molecule has 0 saturated carbocycles. The van der Waals surface area contributed by atoms with Crippen molar-refractivity contribution in [2.24, 2.45) is 0 Å². The number of carbonyl (C=O) groups is 2. The molecule has 178 valence electrons. The van der Waals surface area contributed by atoms with Gasteiger partial charge >= 0.3 is 6.18 Å². The van der Waals surface area contributed by atoms with Crippen LogP contribution in [-0.2, 0) is 6.18 Å². The molecule has 2 amide bonds. The Morgan fingerprint density at radius 3 is 2.38 bits per heavy atom. The Bertz CT molecular complexity index is 1220. The number of benzene rings is 2. The standard InChI is InChI=1S/C23H19ClF4N4O2/c24-14-4-3-5-16(12-14)32-20(23(26,27)28)18(13-29-32)21(33)30-15-8-10-31(11-9-15)22(34)17-6-1-2-7-19(17)25/h1-7,12-13,15H,8-11H2,(H,30,33). The van der Waals surface area contributed by atoms with E-state index in [1.54, 1.807) is 6.07 Å². The monoisotopic (exact) mass is 494 g/mol. The first kappa shape index (κ1) is 23.7. The van der Waals surface area contributed by atoms with Crippen molar-refractivity contribution in [3.05, 3.63) is 82.4 Å². The molecule has 0 bridgehead atoms. The second-order valence-electron chi connectivity index (χ2n) is 7.82. The van der Waals surface area contributed by atoms with E-state index < -0.39 is 41.1 Å². The minimum absolute atomic E-state index is 0.0479. The van der Waals surface area contributed by atoms with Crippen LogP contribution in [0.1, 0.15) is 39.3 Å². The smallest absolute Gasteiger partial charge is 0.349 e. The predicted octanol–water partition coefficient (Wildman–Crippen LogP) is 4.72. The number of halogens is 5. The number of likely N-dealkylation sites (tertiary alicyclic amines) is 1. The van der Waals surface area contributed by atoms with Gasteiger partial charge in [-0.15, -0.1) is 0 Å². The van der Waals surface area contributed by atoms with Gasteiger partial charge < -0.3 is 10.2 Å². The summed E-state index contributed by atoms with van der Waals surface area (Å²) in [6.07, 6.45) is -3.34. The average molecular weight is 495 g/mol. The summed E-state index contributed by atoms with van der Waals surface area (Å²) in [5.74, 6) is -2.01. The number of piperidine rings is 1. The number of aromatic nitrogens is 2. The normalized spacial score (nSPS) is 14.8. The number of nitrogens with zero attached hydrogens (tertiary/aromatic N) is 3. The fourth-order valence-corrected chi connectivity index (χ4v) is 4.07. The number of carbonyl (C=O) groups excluding carboxylic acids is 2. The van der Waals surface area contributed by atoms with Crippen LogP contribution >= 0.6 is 11.6 Å². The highest BCUT2D eigenvalue weighted by molar-refractivity contribution is 6.30. The van der Waals surface area contributed by atoms with E-state index in [9.17, 15) is 27.2 Å². The topological polar surface area (TPSA) is 67.2 Å². The molecule has 1 N–H and O–H groups in total. The maximum atomic E-state index is 13.9. The van der Waals surface area contributed by atoms with Crippen molar-refractivity contribution in [2.75, 3.05) is 13.1 Å². The van der Waals surface area contributed by atoms with Crippen molar-refractivity contribution in [2.45, 2.75) is 25.1 Å². The van der Waals surface area contributed by atoms with Crippen LogP contribution in [0.2, 0.25) is 5.02 Å². The molecule has 3 aromatic rings. The maximum absolute atomic E-state index is 13.9. The first-order valence-corrected chi connectivity index (χ1v) is 10.8. The molecule has 1 saturated heterocycles. The van der Waals surface area contributed by atoms with E-state index in [0.717, 1.165) is 6.20 Å². The van der Waals surface area contributed by atoms with Crippen LogP contribution in [0.4, 0.5) is 17.6 Å². The molecule has 11 heteroatoms. The van der Waals surface area contributed by atoms with Gasteiger partial charge in [0.05, 0.1) is 23.0 Å². The molecule has 0 aliphatic carbocycles. The quantitative estimate of drug-likeness (QED) is 0.534. The van der Waals surface area contributed by atoms with Crippen molar-refractivity contribution < 1.29 is 27.2 Å². The molecule has 1 fully saturated rings. The molecule has 1 aliphatic rings. The molecule has 2 heterocycles. The molecule has 6 nitrogen and oxygen atoms in total. The van der Waals surface area contributed by atoms with E-state index in [1.165, 1.54) is 47.4 Å². The van der Waals surface area contributed by atoms with Crippen molar-refractivity contribution >= 4 is 23.4 Å². The highest BCUT2D eigenvalue weighted by atomic mass is 35.5. The van der Waals surface area contributed by atoms with E-state index in [0.29, 0.717) is 17.5 Å². The molecule has 0 radical (unpaired) electrons. The molecular weight excluding hydrogens is 476 g/mol. The van der Waals surface area contributed by atoms with Gasteiger partial charge in [0, 0.05) is 24.2 Å². The Morgan fingerprint density at radius 1 is 1.03 bits per heavy atom. The Hall–Kier alpha value is -3.40. The predicted molar refractivity (Wildman–Crippen MR) is 116 cm³/mol. The first-order chi connectivity index (χ1) is 16.1. The van der Waals surface area contributed by atoms with E-state index in [1.807, 2.05) is 0 Å². The van der Waals surface area contributed by atoms with Gasteiger partial charge in [0.2, 0.25) is 0 Å². The van der Waals surface area contributed by atoms with Gasteiger partial charge in [0.15, 0.2) is 5.69 Å². The van der Waals surface area contributed by atoms with Gasteiger partial charge in [-0.1, -0.05) is 29.8 Å². The zero-order chi connectivity index (χ0) is 24.5. The summed E-state index contributed by atoms with van der Waals surface area (Å²) in [6.45, 7) is 0.456. The summed E-state index contributed by atoms with van der Waals surface area (Å²) in [6, 6.07) is 10.9. The lowest BCUT2D eigenvalue weighted by Gasteiger charge is -2.32. The number of hydrogen-bond acceptors (Lipinski definition) is 3. The van der Waals surface area contributed by atoms with Crippen LogP contribution < -0.4 is 5.32 Å². The van der Waals surface area contributed by atoms with E-state index >= 15 is 0 Å². The van der Waals surface area contributed by atoms with Crippen LogP contribution in [0.3, 0.4) is 0 Å². The Labute approximate surface area is 197 Å². The number of amides is 2. The fourth-order valence-electron chi connectivity index (χ4n) is 3.89. The van der Waals surface area contributed by atoms with E-state index in [-0.39, 0.29) is 29.4 Å². The highest BCUT2D eigenvalue weighted by Gasteiger charge is 2.41. The fraction of sp³-hybridized carbons (Fsp3) is 0.261. The van der Waals surface area contributed by atoms with Crippen molar-refractivity contribution in [1.29, 1.82) is 0 Å². The van der Waals surface area contributed by atoms with Crippen LogP contribution in [0.5, 0.6) is 0 Å². The third-order valence-corrected chi connectivity index (χ3v) is 5.79. The van der Waals surface area contributed by atoms with Gasteiger partial charge in [-0.25, -0.2) is 9.07 Å². The van der Waals surface area contributed by atoms with E-state index in [2.05, 4.69) is 10.4 Å². The molecule has 2 aromatic carbocycles. The SMILES string of the molecule is O=C(NC1CCN(C(=O)c2ccccc2F)CC1)c1cnn(-c2cccc(Cl)c2)c1C(F)(F)F. The summed E-state index contributed by atoms with van der Waals surface area (Å²) in [5.41, 5.74) is -1.80. The number of nitrogens with one attached hydrogen (secondary N) is 1. The number of rotatable bonds is 4. The van der Waals surface area contributed by atoms with Crippen LogP contribution in [0.15, 0.2) is 54.7 Å². The number of hydrogen-bond donors (Lipinski definition) is 1. The van der Waals surface area contributed by atoms with Gasteiger partial charge in [-0.3, -0.25) is 9.59 Å². The molecule has 1 aliphatic heterocycles. The summed E-state index contributed by atoms with van der Waals surface area (Å²) >= 11 is 5.89. The molecule has 0 unspecified atom stereocenters. The van der Waals surface area contributed by atoms with E-state index in [4.69, 9.17) is 11.6 Å². The lowest BCUT2D eigenvalue weighted by Crippen LogP contribution is -2.46. The van der Waals surface area contributed by atoms with Crippen molar-refractivity contribution in [1.82, 2.24) is 20.0 Å². The second-order valence-corrected chi connectivity index (χ2v) is 8.25. The van der Waals surface area contributed by atoms with Gasteiger partial charge in [-0.05, 0) is 43.2 Å². The van der Waals surface area contributed by atoms with Gasteiger partial charge in [-0.2, -0.15) is 18.3 Å². The molecular formula is C23H19ClF4N4O2. The third kappa shape index (κ3) is 4.91. The van der Waals surface area contributed by atoms with Crippen molar-refractivity contribution in [3.8, 4) is 5.69 Å². The summed E-state index contributed by atoms with van der Waals surface area (Å²) in [4.78, 5) is 26.8. The Kier molecular flexibility index (Phi) is 6.60. The largest absolute Gasteiger partial charge is 0.434 e. The van der Waals surface area contributed by atoms with Crippen LogP contribution in [0.25, 0.3) is 5.69 Å². The third-order valence-electron chi connectivity index (χ3n) is 5.56. The second kappa shape index (κ2) is 9.46. The molecule has 1 aromatic heterocycles. The molecule has 34 heavy (non-hydrogen) atoms.